The summed E-state index contributed by atoms with van der Waals surface area (Å²) >= 11 is 0. The smallest absolute Gasteiger partial charge is 0.0884 e. The summed E-state index contributed by atoms with van der Waals surface area (Å²) in [6, 6.07) is 2.72. The molecule has 3 fully saturated rings. The third-order valence-corrected chi connectivity index (χ3v) is 11.8. The lowest BCUT2D eigenvalue weighted by Crippen LogP contribution is -2.45. The molecule has 50 heavy (non-hydrogen) atoms. The minimum atomic E-state index is -5.39. The molecule has 302 valence electrons. The molecule has 3 aliphatic rings. The Morgan fingerprint density at radius 3 is 0.500 bits per heavy atom. The highest BCUT2D eigenvalue weighted by atomic mass is 31.2. The Morgan fingerprint density at radius 2 is 0.400 bits per heavy atom. The fourth-order valence-corrected chi connectivity index (χ4v) is 8.22. The van der Waals surface area contributed by atoms with Crippen LogP contribution < -0.4 is 14.7 Å². The zero-order valence-corrected chi connectivity index (χ0v) is 36.3. The van der Waals surface area contributed by atoms with Crippen LogP contribution in [0.1, 0.15) is 193 Å². The molecule has 0 radical (unpaired) electrons. The van der Waals surface area contributed by atoms with Crippen molar-refractivity contribution in [1.82, 2.24) is 0 Å². The Balaban J connectivity index is 0.000000674. The first-order valence-corrected chi connectivity index (χ1v) is 22.9. The molecule has 0 aromatic carbocycles. The summed E-state index contributed by atoms with van der Waals surface area (Å²) in [6.45, 7) is 0. The molecule has 0 aromatic heterocycles. The lowest BCUT2D eigenvalue weighted by atomic mass is 10.0. The largest absolute Gasteiger partial charge is 0.822 e. The Morgan fingerprint density at radius 1 is 0.300 bits per heavy atom. The third kappa shape index (κ3) is 32.6. The fraction of sp³-hybridized carbons (Fsp3) is 1.00. The van der Waals surface area contributed by atoms with Crippen molar-refractivity contribution in [2.45, 2.75) is 211 Å². The van der Waals surface area contributed by atoms with Crippen molar-refractivity contribution in [1.29, 1.82) is 0 Å². The van der Waals surface area contributed by atoms with E-state index in [1.165, 1.54) is 206 Å². The van der Waals surface area contributed by atoms with Gasteiger partial charge in [0.05, 0.1) is 81.6 Å². The molecule has 0 spiro atoms. The number of hydrogen-bond donors (Lipinski definition) is 0. The first kappa shape index (κ1) is 50.0. The Kier molecular flexibility index (Phi) is 28.4. The van der Waals surface area contributed by atoms with Crippen molar-refractivity contribution in [2.24, 2.45) is 0 Å². The molecule has 0 heterocycles. The maximum absolute atomic E-state index is 8.55. The highest BCUT2D eigenvalue weighted by Gasteiger charge is 2.24. The van der Waals surface area contributed by atoms with E-state index in [4.69, 9.17) is 19.2 Å². The standard InChI is InChI=1S/3C14H30N.H3O4P/c3*1-15(2,3)14-12-10-8-6-4-5-7-9-11-13-14;1-5(2,3)4/h3*14H,4-13H2,1-3H3;(H3,1,2,3,4)/q3*+1;/p-3. The first-order chi connectivity index (χ1) is 23.3. The van der Waals surface area contributed by atoms with E-state index in [9.17, 15) is 0 Å². The molecule has 0 amide bonds. The van der Waals surface area contributed by atoms with Gasteiger partial charge in [-0.3, -0.25) is 0 Å². The van der Waals surface area contributed by atoms with Gasteiger partial charge in [-0.1, -0.05) is 116 Å². The van der Waals surface area contributed by atoms with Crippen molar-refractivity contribution in [2.75, 3.05) is 63.4 Å². The summed E-state index contributed by atoms with van der Waals surface area (Å²) in [5, 5.41) is 0. The average Bonchev–Trinajstić information content (AvgIpc) is 3.14. The molecule has 0 atom stereocenters. The normalized spacial score (nSPS) is 22.2. The van der Waals surface area contributed by atoms with Crippen molar-refractivity contribution in [3.8, 4) is 0 Å². The Hall–Kier alpha value is -0.0100. The fourth-order valence-electron chi connectivity index (χ4n) is 8.22. The van der Waals surface area contributed by atoms with Crippen molar-refractivity contribution in [3.05, 3.63) is 0 Å². The molecule has 3 rings (SSSR count). The van der Waals surface area contributed by atoms with Crippen LogP contribution in [0, 0.1) is 0 Å². The average molecular weight is 732 g/mol. The number of quaternary nitrogens is 3. The molecule has 0 unspecified atom stereocenters. The summed E-state index contributed by atoms with van der Waals surface area (Å²) in [5.74, 6) is 0. The van der Waals surface area contributed by atoms with Crippen LogP contribution in [0.2, 0.25) is 0 Å². The third-order valence-electron chi connectivity index (χ3n) is 11.8. The topological polar surface area (TPSA) is 86.2 Å². The van der Waals surface area contributed by atoms with Crippen LogP contribution in [0.25, 0.3) is 0 Å². The molecule has 0 aromatic rings. The van der Waals surface area contributed by atoms with E-state index in [0.717, 1.165) is 18.1 Å². The van der Waals surface area contributed by atoms with E-state index in [1.54, 1.807) is 0 Å². The molecule has 7 nitrogen and oxygen atoms in total. The van der Waals surface area contributed by atoms with Crippen LogP contribution in [-0.4, -0.2) is 95.0 Å². The van der Waals surface area contributed by atoms with Crippen LogP contribution in [0.15, 0.2) is 0 Å². The molecule has 3 aliphatic carbocycles. The van der Waals surface area contributed by atoms with Crippen molar-refractivity contribution >= 4 is 7.82 Å². The lowest BCUT2D eigenvalue weighted by molar-refractivity contribution is -0.896. The number of rotatable bonds is 3. The zero-order valence-electron chi connectivity index (χ0n) is 35.4. The monoisotopic (exact) mass is 732 g/mol. The highest BCUT2D eigenvalue weighted by Crippen LogP contribution is 2.24. The van der Waals surface area contributed by atoms with Gasteiger partial charge in [0.15, 0.2) is 0 Å². The van der Waals surface area contributed by atoms with E-state index in [0.29, 0.717) is 0 Å². The summed E-state index contributed by atoms with van der Waals surface area (Å²) in [4.78, 5) is 25.6. The SMILES string of the molecule is C[N+](C)(C)C1CCCCCCCCCC1.C[N+](C)(C)C1CCCCCCCCCC1.C[N+](C)(C)C1CCCCCCCCCC1.O=P([O-])([O-])[O-]. The molecular weight excluding hydrogens is 641 g/mol. The Bertz CT molecular complexity index is 681. The minimum absolute atomic E-state index is 0.906. The van der Waals surface area contributed by atoms with Crippen molar-refractivity contribution in [3.63, 3.8) is 0 Å². The molecular formula is C42H90N3O4P. The van der Waals surface area contributed by atoms with E-state index < -0.39 is 7.82 Å². The molecule has 3 saturated carbocycles. The molecule has 8 heteroatoms. The van der Waals surface area contributed by atoms with Gasteiger partial charge < -0.3 is 32.7 Å². The second kappa shape index (κ2) is 28.4. The maximum Gasteiger partial charge on any atom is 0.0884 e. The lowest BCUT2D eigenvalue weighted by Gasteiger charge is -2.36. The van der Waals surface area contributed by atoms with Crippen LogP contribution >= 0.6 is 7.82 Å². The number of hydrogen-bond acceptors (Lipinski definition) is 4. The van der Waals surface area contributed by atoms with Gasteiger partial charge in [0.1, 0.15) is 0 Å². The second-order valence-corrected chi connectivity index (χ2v) is 19.9. The van der Waals surface area contributed by atoms with E-state index in [-0.39, 0.29) is 0 Å². The molecule has 0 bridgehead atoms. The number of phosphoric acid groups is 1. The predicted octanol–water partition coefficient (Wildman–Crippen LogP) is 9.10. The van der Waals surface area contributed by atoms with Gasteiger partial charge in [-0.25, -0.2) is 0 Å². The van der Waals surface area contributed by atoms with Gasteiger partial charge in [0.2, 0.25) is 0 Å². The quantitative estimate of drug-likeness (QED) is 0.214. The van der Waals surface area contributed by atoms with Crippen LogP contribution in [0.3, 0.4) is 0 Å². The summed E-state index contributed by atoms with van der Waals surface area (Å²) in [7, 11) is 15.9. The predicted molar refractivity (Wildman–Crippen MR) is 212 cm³/mol. The van der Waals surface area contributed by atoms with Gasteiger partial charge in [0.25, 0.3) is 0 Å². The van der Waals surface area contributed by atoms with Gasteiger partial charge in [-0.05, 0) is 77.0 Å². The van der Waals surface area contributed by atoms with E-state index in [1.807, 2.05) is 0 Å². The van der Waals surface area contributed by atoms with Gasteiger partial charge in [-0.15, -0.1) is 0 Å². The van der Waals surface area contributed by atoms with E-state index in [2.05, 4.69) is 63.4 Å². The van der Waals surface area contributed by atoms with Gasteiger partial charge in [0, 0.05) is 0 Å². The van der Waals surface area contributed by atoms with Gasteiger partial charge >= 0.3 is 0 Å². The maximum atomic E-state index is 8.55. The molecule has 0 N–H and O–H groups in total. The summed E-state index contributed by atoms with van der Waals surface area (Å²) in [5.41, 5.74) is 0. The van der Waals surface area contributed by atoms with Crippen LogP contribution in [0.4, 0.5) is 0 Å². The van der Waals surface area contributed by atoms with Crippen LogP contribution in [-0.2, 0) is 4.57 Å². The minimum Gasteiger partial charge on any atom is -0.822 e. The zero-order chi connectivity index (χ0) is 37.9. The van der Waals surface area contributed by atoms with Crippen molar-refractivity contribution < 1.29 is 32.7 Å². The molecule has 0 aliphatic heterocycles. The number of nitrogens with zero attached hydrogens (tertiary/aromatic N) is 3. The van der Waals surface area contributed by atoms with E-state index >= 15 is 0 Å². The van der Waals surface area contributed by atoms with Crippen LogP contribution in [0.5, 0.6) is 0 Å². The summed E-state index contributed by atoms with van der Waals surface area (Å²) in [6.07, 6.45) is 44.0. The summed E-state index contributed by atoms with van der Waals surface area (Å²) < 4.78 is 12.0. The van der Waals surface area contributed by atoms with Gasteiger partial charge in [-0.2, -0.15) is 7.82 Å². The molecule has 0 saturated heterocycles. The second-order valence-electron chi connectivity index (χ2n) is 19.0. The Labute approximate surface area is 314 Å². The highest BCUT2D eigenvalue weighted by molar-refractivity contribution is 7.40. The first-order valence-electron chi connectivity index (χ1n) is 21.5.